The molecule has 0 saturated heterocycles. The molecule has 0 aliphatic carbocycles. The van der Waals surface area contributed by atoms with Crippen LogP contribution in [0.2, 0.25) is 0 Å². The highest BCUT2D eigenvalue weighted by Crippen LogP contribution is 2.49. The maximum atomic E-state index is 12.8. The zero-order valence-electron chi connectivity index (χ0n) is 32.2. The van der Waals surface area contributed by atoms with E-state index in [-0.39, 0.29) is 5.75 Å². The van der Waals surface area contributed by atoms with Crippen molar-refractivity contribution >= 4 is 29.8 Å². The van der Waals surface area contributed by atoms with Gasteiger partial charge < -0.3 is 33.5 Å². The van der Waals surface area contributed by atoms with Crippen molar-refractivity contribution in [1.29, 1.82) is 0 Å². The first-order valence-corrected chi connectivity index (χ1v) is 22.1. The van der Waals surface area contributed by atoms with Crippen LogP contribution in [0.3, 0.4) is 0 Å². The van der Waals surface area contributed by atoms with Crippen LogP contribution in [0.25, 0.3) is 0 Å². The molecular formula is C46H47O8PS2. The molecule has 0 amide bonds. The van der Waals surface area contributed by atoms with Crippen molar-refractivity contribution in [3.63, 3.8) is 0 Å². The Hall–Kier alpha value is -4.67. The predicted molar refractivity (Wildman–Crippen MR) is 232 cm³/mol. The van der Waals surface area contributed by atoms with Crippen molar-refractivity contribution in [3.8, 4) is 23.0 Å². The lowest BCUT2D eigenvalue weighted by Crippen LogP contribution is -2.44. The van der Waals surface area contributed by atoms with E-state index in [0.29, 0.717) is 28.8 Å². The van der Waals surface area contributed by atoms with Gasteiger partial charge in [0.05, 0.1) is 51.5 Å². The van der Waals surface area contributed by atoms with Gasteiger partial charge in [-0.25, -0.2) is 0 Å². The summed E-state index contributed by atoms with van der Waals surface area (Å²) in [5, 5.41) is 12.6. The van der Waals surface area contributed by atoms with Crippen LogP contribution >= 0.6 is 29.8 Å². The van der Waals surface area contributed by atoms with Gasteiger partial charge in [-0.1, -0.05) is 131 Å². The molecule has 57 heavy (non-hydrogen) atoms. The van der Waals surface area contributed by atoms with Crippen LogP contribution in [0.4, 0.5) is 0 Å². The van der Waals surface area contributed by atoms with Gasteiger partial charge in [-0.2, -0.15) is 0 Å². The molecule has 3 unspecified atom stereocenters. The molecule has 296 valence electrons. The molecule has 11 heteroatoms. The number of methoxy groups -OCH3 is 4. The fraction of sp³-hybridized carbons (Fsp3) is 0.217. The topological polar surface area (TPSA) is 104 Å². The quantitative estimate of drug-likeness (QED) is 0.0356. The minimum atomic E-state index is -3.45. The maximum Gasteiger partial charge on any atom is 0.316 e. The van der Waals surface area contributed by atoms with E-state index in [2.05, 4.69) is 0 Å². The molecule has 0 aromatic heterocycles. The van der Waals surface area contributed by atoms with Gasteiger partial charge in [-0.3, -0.25) is 4.57 Å². The molecule has 0 heterocycles. The van der Waals surface area contributed by atoms with Gasteiger partial charge in [-0.15, -0.1) is 0 Å². The summed E-state index contributed by atoms with van der Waals surface area (Å²) in [6, 6.07) is 50.9. The number of aliphatic hydroxyl groups excluding tert-OH is 1. The lowest BCUT2D eigenvalue weighted by molar-refractivity contribution is 0.144. The third-order valence-corrected chi connectivity index (χ3v) is 13.3. The Kier molecular flexibility index (Phi) is 14.5. The Labute approximate surface area is 343 Å². The number of hydrogen-bond donors (Lipinski definition) is 2. The second-order valence-corrected chi connectivity index (χ2v) is 16.5. The van der Waals surface area contributed by atoms with Crippen molar-refractivity contribution in [1.82, 2.24) is 0 Å². The average Bonchev–Trinajstić information content (AvgIpc) is 3.27. The van der Waals surface area contributed by atoms with Gasteiger partial charge in [0.25, 0.3) is 0 Å². The minimum absolute atomic E-state index is 0.282. The predicted octanol–water partition coefficient (Wildman–Crippen LogP) is 9.60. The van der Waals surface area contributed by atoms with Crippen LogP contribution in [-0.2, 0) is 19.9 Å². The molecule has 6 aromatic carbocycles. The van der Waals surface area contributed by atoms with Gasteiger partial charge in [0.1, 0.15) is 23.0 Å². The zero-order valence-corrected chi connectivity index (χ0v) is 34.9. The Morgan fingerprint density at radius 1 is 0.474 bits per heavy atom. The number of aliphatic hydroxyl groups is 1. The molecule has 3 atom stereocenters. The van der Waals surface area contributed by atoms with Crippen molar-refractivity contribution < 1.29 is 38.0 Å². The first-order chi connectivity index (χ1) is 27.8. The van der Waals surface area contributed by atoms with Crippen molar-refractivity contribution in [2.24, 2.45) is 0 Å². The summed E-state index contributed by atoms with van der Waals surface area (Å²) >= 11 is 0. The molecule has 0 aliphatic heterocycles. The number of hydrogen-bond acceptors (Lipinski definition) is 9. The van der Waals surface area contributed by atoms with Gasteiger partial charge >= 0.3 is 8.25 Å². The summed E-state index contributed by atoms with van der Waals surface area (Å²) in [4.78, 5) is 10.5. The van der Waals surface area contributed by atoms with E-state index < -0.39 is 31.3 Å². The second-order valence-electron chi connectivity index (χ2n) is 13.2. The monoisotopic (exact) mass is 822 g/mol. The Morgan fingerprint density at radius 3 is 1.11 bits per heavy atom. The SMILES string of the molecule is COc1ccc(C(c2ccccc2)(c2ccc(OC)cc2)C(O)CSSCC(O[PH](=O)O)C(c2ccccc2)(c2ccc(OC)cc2)c2ccc(OC)cc2)cc1. The van der Waals surface area contributed by atoms with Gasteiger partial charge in [-0.05, 0) is 81.9 Å². The number of ether oxygens (including phenoxy) is 4. The minimum Gasteiger partial charge on any atom is -0.497 e. The van der Waals surface area contributed by atoms with E-state index >= 15 is 0 Å². The van der Waals surface area contributed by atoms with Crippen molar-refractivity contribution in [2.75, 3.05) is 39.9 Å². The van der Waals surface area contributed by atoms with Gasteiger partial charge in [0, 0.05) is 11.5 Å². The van der Waals surface area contributed by atoms with Crippen LogP contribution in [-0.4, -0.2) is 62.2 Å². The third-order valence-electron chi connectivity index (χ3n) is 10.4. The molecule has 2 N–H and O–H groups in total. The number of benzene rings is 6. The van der Waals surface area contributed by atoms with E-state index in [1.54, 1.807) is 28.4 Å². The lowest BCUT2D eigenvalue weighted by atomic mass is 9.66. The summed E-state index contributed by atoms with van der Waals surface area (Å²) in [6.45, 7) is 0. The van der Waals surface area contributed by atoms with Crippen molar-refractivity contribution in [3.05, 3.63) is 191 Å². The summed E-state index contributed by atoms with van der Waals surface area (Å²) in [5.41, 5.74) is 3.23. The summed E-state index contributed by atoms with van der Waals surface area (Å²) in [6.07, 6.45) is -1.77. The van der Waals surface area contributed by atoms with Crippen LogP contribution in [0.15, 0.2) is 158 Å². The van der Waals surface area contributed by atoms with Crippen LogP contribution < -0.4 is 18.9 Å². The van der Waals surface area contributed by atoms with E-state index in [0.717, 1.165) is 33.4 Å². The van der Waals surface area contributed by atoms with Crippen molar-refractivity contribution in [2.45, 2.75) is 23.0 Å². The summed E-state index contributed by atoms with van der Waals surface area (Å²) < 4.78 is 41.0. The van der Waals surface area contributed by atoms with Crippen LogP contribution in [0.5, 0.6) is 23.0 Å². The van der Waals surface area contributed by atoms with Crippen LogP contribution in [0, 0.1) is 0 Å². The third kappa shape index (κ3) is 8.92. The molecule has 6 aromatic rings. The molecule has 0 aliphatic rings. The molecule has 8 nitrogen and oxygen atoms in total. The summed E-state index contributed by atoms with van der Waals surface area (Å²) in [7, 11) is 6.01. The lowest BCUT2D eigenvalue weighted by Gasteiger charge is -2.42. The second kappa shape index (κ2) is 19.7. The standard InChI is InChI=1S/C46H47O8PS2/c1-50-39-23-15-35(16-24-39)45(33-11-7-5-8-12-33,36-17-25-40(51-2)26-18-36)43(47)31-56-57-32-44(54-55(48)49)46(34-13-9-6-10-14-34,37-19-27-41(52-3)28-20-37)38-21-29-42(53-4)30-22-38/h5-30,43-44,47,55H,31-32H2,1-4H3,(H,48,49). The Balaban J connectivity index is 1.41. The fourth-order valence-electron chi connectivity index (χ4n) is 7.67. The zero-order chi connectivity index (χ0) is 40.3. The van der Waals surface area contributed by atoms with Gasteiger partial charge in [0.2, 0.25) is 0 Å². The fourth-order valence-corrected chi connectivity index (χ4v) is 10.6. The average molecular weight is 823 g/mol. The molecule has 6 rings (SSSR count). The molecule has 0 saturated carbocycles. The highest BCUT2D eigenvalue weighted by Gasteiger charge is 2.47. The summed E-state index contributed by atoms with van der Waals surface area (Å²) in [5.74, 6) is 3.35. The highest BCUT2D eigenvalue weighted by atomic mass is 33.1. The molecular weight excluding hydrogens is 776 g/mol. The van der Waals surface area contributed by atoms with E-state index in [9.17, 15) is 14.6 Å². The maximum absolute atomic E-state index is 12.8. The van der Waals surface area contributed by atoms with E-state index in [1.165, 1.54) is 21.6 Å². The smallest absolute Gasteiger partial charge is 0.316 e. The Bertz CT molecular complexity index is 2060. The Morgan fingerprint density at radius 2 is 0.772 bits per heavy atom. The van der Waals surface area contributed by atoms with E-state index in [1.807, 2.05) is 158 Å². The molecule has 0 fully saturated rings. The van der Waals surface area contributed by atoms with E-state index in [4.69, 9.17) is 23.5 Å². The number of rotatable bonds is 19. The highest BCUT2D eigenvalue weighted by molar-refractivity contribution is 8.76. The molecule has 0 radical (unpaired) electrons. The molecule has 0 bridgehead atoms. The van der Waals surface area contributed by atoms with Gasteiger partial charge in [0.15, 0.2) is 0 Å². The van der Waals surface area contributed by atoms with Crippen LogP contribution in [0.1, 0.15) is 33.4 Å². The first kappa shape index (κ1) is 41.9. The normalized spacial score (nSPS) is 13.3. The largest absolute Gasteiger partial charge is 0.497 e. The first-order valence-electron chi connectivity index (χ1n) is 18.3. The molecule has 0 spiro atoms.